The van der Waals surface area contributed by atoms with E-state index in [2.05, 4.69) is 10.3 Å². The molecule has 0 spiro atoms. The molecule has 6 heteroatoms. The number of halogens is 1. The highest BCUT2D eigenvalue weighted by atomic mass is 35.5. The summed E-state index contributed by atoms with van der Waals surface area (Å²) in [5.41, 5.74) is 6.37. The topological polar surface area (TPSA) is 68.0 Å². The summed E-state index contributed by atoms with van der Waals surface area (Å²) in [5.74, 6) is 0.0338. The Bertz CT molecular complexity index is 574. The Kier molecular flexibility index (Phi) is 4.62. The number of amides is 1. The minimum Gasteiger partial charge on any atom is -0.329 e. The van der Waals surface area contributed by atoms with E-state index < -0.39 is 0 Å². The number of benzene rings is 1. The summed E-state index contributed by atoms with van der Waals surface area (Å²) in [5, 5.41) is 3.63. The number of thiazole rings is 1. The van der Waals surface area contributed by atoms with E-state index in [1.54, 1.807) is 0 Å². The number of fused-ring (bicyclic) bond motifs is 1. The Hall–Kier alpha value is -1.17. The number of nitrogens with one attached hydrogen (secondary N) is 1. The number of para-hydroxylation sites is 1. The van der Waals surface area contributed by atoms with E-state index in [4.69, 9.17) is 5.73 Å². The fourth-order valence-corrected chi connectivity index (χ4v) is 3.59. The fourth-order valence-electron chi connectivity index (χ4n) is 2.73. The molecule has 0 atom stereocenters. The first kappa shape index (κ1) is 15.2. The van der Waals surface area contributed by atoms with E-state index in [-0.39, 0.29) is 23.7 Å². The van der Waals surface area contributed by atoms with Crippen molar-refractivity contribution in [2.24, 2.45) is 11.1 Å². The van der Waals surface area contributed by atoms with Gasteiger partial charge in [0.2, 0.25) is 5.91 Å². The highest BCUT2D eigenvalue weighted by molar-refractivity contribution is 7.22. The second-order valence-corrected chi connectivity index (χ2v) is 6.16. The van der Waals surface area contributed by atoms with E-state index in [1.165, 1.54) is 11.3 Å². The van der Waals surface area contributed by atoms with Gasteiger partial charge in [-0.2, -0.15) is 0 Å². The molecule has 0 aliphatic heterocycles. The molecule has 0 radical (unpaired) electrons. The summed E-state index contributed by atoms with van der Waals surface area (Å²) in [6, 6.07) is 7.89. The van der Waals surface area contributed by atoms with Crippen molar-refractivity contribution in [1.82, 2.24) is 4.98 Å². The third-order valence-electron chi connectivity index (χ3n) is 3.95. The molecule has 0 bridgehead atoms. The van der Waals surface area contributed by atoms with E-state index in [9.17, 15) is 4.79 Å². The van der Waals surface area contributed by atoms with Crippen LogP contribution in [-0.4, -0.2) is 17.4 Å². The van der Waals surface area contributed by atoms with Gasteiger partial charge in [0.05, 0.1) is 15.6 Å². The zero-order chi connectivity index (χ0) is 13.3. The minimum atomic E-state index is -0.377. The van der Waals surface area contributed by atoms with Crippen LogP contribution in [0.2, 0.25) is 0 Å². The standard InChI is InChI=1S/C14H17N3OS.ClH/c15-9-14(7-3-4-8-14)12(18)17-13-16-10-5-1-2-6-11(10)19-13;/h1-2,5-6H,3-4,7-9,15H2,(H,16,17,18);1H. The van der Waals surface area contributed by atoms with Crippen molar-refractivity contribution in [2.75, 3.05) is 11.9 Å². The van der Waals surface area contributed by atoms with Crippen molar-refractivity contribution in [2.45, 2.75) is 25.7 Å². The summed E-state index contributed by atoms with van der Waals surface area (Å²) in [6.45, 7) is 0.420. The number of anilines is 1. The second-order valence-electron chi connectivity index (χ2n) is 5.13. The summed E-state index contributed by atoms with van der Waals surface area (Å²) in [4.78, 5) is 16.9. The number of rotatable bonds is 3. The maximum absolute atomic E-state index is 12.4. The minimum absolute atomic E-state index is 0. The van der Waals surface area contributed by atoms with E-state index in [1.807, 2.05) is 24.3 Å². The molecule has 1 aromatic heterocycles. The van der Waals surface area contributed by atoms with Crippen molar-refractivity contribution >= 4 is 45.0 Å². The number of carbonyl (C=O) groups excluding carboxylic acids is 1. The lowest BCUT2D eigenvalue weighted by Gasteiger charge is -2.24. The Morgan fingerprint density at radius 2 is 2.05 bits per heavy atom. The lowest BCUT2D eigenvalue weighted by Crippen LogP contribution is -2.40. The van der Waals surface area contributed by atoms with Crippen molar-refractivity contribution in [3.05, 3.63) is 24.3 Å². The lowest BCUT2D eigenvalue weighted by atomic mass is 9.85. The molecule has 2 aromatic rings. The van der Waals surface area contributed by atoms with Gasteiger partial charge in [-0.1, -0.05) is 36.3 Å². The van der Waals surface area contributed by atoms with E-state index in [0.29, 0.717) is 11.7 Å². The van der Waals surface area contributed by atoms with Gasteiger partial charge in [0.25, 0.3) is 0 Å². The van der Waals surface area contributed by atoms with Crippen molar-refractivity contribution in [3.63, 3.8) is 0 Å². The predicted molar refractivity (Wildman–Crippen MR) is 85.5 cm³/mol. The van der Waals surface area contributed by atoms with Crippen LogP contribution in [0.4, 0.5) is 5.13 Å². The molecule has 1 saturated carbocycles. The van der Waals surface area contributed by atoms with Crippen LogP contribution in [0, 0.1) is 5.41 Å². The van der Waals surface area contributed by atoms with Crippen molar-refractivity contribution in [1.29, 1.82) is 0 Å². The highest BCUT2D eigenvalue weighted by Crippen LogP contribution is 2.38. The molecule has 0 unspecified atom stereocenters. The lowest BCUT2D eigenvalue weighted by molar-refractivity contribution is -0.124. The second kappa shape index (κ2) is 6.08. The van der Waals surface area contributed by atoms with Crippen LogP contribution in [0.3, 0.4) is 0 Å². The monoisotopic (exact) mass is 311 g/mol. The van der Waals surface area contributed by atoms with Crippen LogP contribution in [0.25, 0.3) is 10.2 Å². The molecule has 3 rings (SSSR count). The van der Waals surface area contributed by atoms with Gasteiger partial charge in [-0.3, -0.25) is 4.79 Å². The molecule has 1 heterocycles. The van der Waals surface area contributed by atoms with Gasteiger partial charge in [-0.25, -0.2) is 4.98 Å². The summed E-state index contributed by atoms with van der Waals surface area (Å²) in [6.07, 6.45) is 3.95. The van der Waals surface area contributed by atoms with Crippen LogP contribution in [0.5, 0.6) is 0 Å². The number of hydrogen-bond donors (Lipinski definition) is 2. The molecular formula is C14H18ClN3OS. The molecule has 1 fully saturated rings. The number of aromatic nitrogens is 1. The zero-order valence-electron chi connectivity index (χ0n) is 11.1. The maximum atomic E-state index is 12.4. The average molecular weight is 312 g/mol. The first-order chi connectivity index (χ1) is 9.23. The summed E-state index contributed by atoms with van der Waals surface area (Å²) >= 11 is 1.51. The Balaban J connectivity index is 0.00000147. The van der Waals surface area contributed by atoms with Gasteiger partial charge in [0.15, 0.2) is 5.13 Å². The van der Waals surface area contributed by atoms with Crippen molar-refractivity contribution < 1.29 is 4.79 Å². The zero-order valence-corrected chi connectivity index (χ0v) is 12.7. The number of carbonyl (C=O) groups is 1. The molecule has 3 N–H and O–H groups in total. The molecule has 20 heavy (non-hydrogen) atoms. The summed E-state index contributed by atoms with van der Waals surface area (Å²) in [7, 11) is 0. The Morgan fingerprint density at radius 1 is 1.35 bits per heavy atom. The SMILES string of the molecule is Cl.NCC1(C(=O)Nc2nc3ccccc3s2)CCCC1. The molecule has 0 saturated heterocycles. The molecule has 1 amide bonds. The predicted octanol–water partition coefficient (Wildman–Crippen LogP) is 3.18. The van der Waals surface area contributed by atoms with Gasteiger partial charge in [-0.05, 0) is 25.0 Å². The van der Waals surface area contributed by atoms with Gasteiger partial charge in [-0.15, -0.1) is 12.4 Å². The number of nitrogens with zero attached hydrogens (tertiary/aromatic N) is 1. The Morgan fingerprint density at radius 3 is 2.70 bits per heavy atom. The molecule has 4 nitrogen and oxygen atoms in total. The number of hydrogen-bond acceptors (Lipinski definition) is 4. The first-order valence-corrected chi connectivity index (χ1v) is 7.42. The summed E-state index contributed by atoms with van der Waals surface area (Å²) < 4.78 is 1.09. The van der Waals surface area contributed by atoms with E-state index >= 15 is 0 Å². The first-order valence-electron chi connectivity index (χ1n) is 6.61. The largest absolute Gasteiger partial charge is 0.329 e. The molecular weight excluding hydrogens is 294 g/mol. The molecule has 1 aliphatic carbocycles. The average Bonchev–Trinajstić information content (AvgIpc) is 3.05. The van der Waals surface area contributed by atoms with Crippen LogP contribution in [0.15, 0.2) is 24.3 Å². The Labute approximate surface area is 128 Å². The normalized spacial score (nSPS) is 16.9. The number of nitrogens with two attached hydrogens (primary N) is 1. The van der Waals surface area contributed by atoms with Crippen LogP contribution >= 0.6 is 23.7 Å². The van der Waals surface area contributed by atoms with E-state index in [0.717, 1.165) is 35.9 Å². The van der Waals surface area contributed by atoms with Gasteiger partial charge in [0, 0.05) is 6.54 Å². The molecule has 1 aliphatic rings. The molecule has 108 valence electrons. The van der Waals surface area contributed by atoms with Gasteiger partial charge < -0.3 is 11.1 Å². The van der Waals surface area contributed by atoms with Crippen LogP contribution in [0.1, 0.15) is 25.7 Å². The third kappa shape index (κ3) is 2.66. The van der Waals surface area contributed by atoms with Crippen LogP contribution < -0.4 is 11.1 Å². The van der Waals surface area contributed by atoms with Gasteiger partial charge >= 0.3 is 0 Å². The smallest absolute Gasteiger partial charge is 0.233 e. The van der Waals surface area contributed by atoms with Crippen molar-refractivity contribution in [3.8, 4) is 0 Å². The highest BCUT2D eigenvalue weighted by Gasteiger charge is 2.40. The maximum Gasteiger partial charge on any atom is 0.233 e. The fraction of sp³-hybridized carbons (Fsp3) is 0.429. The quantitative estimate of drug-likeness (QED) is 0.914. The molecule has 1 aromatic carbocycles. The van der Waals surface area contributed by atoms with Crippen LogP contribution in [-0.2, 0) is 4.79 Å². The third-order valence-corrected chi connectivity index (χ3v) is 4.90. The van der Waals surface area contributed by atoms with Gasteiger partial charge in [0.1, 0.15) is 0 Å².